The summed E-state index contributed by atoms with van der Waals surface area (Å²) in [6, 6.07) is 12.9. The second-order valence-corrected chi connectivity index (χ2v) is 8.67. The maximum absolute atomic E-state index is 12.7. The van der Waals surface area contributed by atoms with Gasteiger partial charge in [0.1, 0.15) is 6.54 Å². The van der Waals surface area contributed by atoms with Gasteiger partial charge in [-0.05, 0) is 54.7 Å². The summed E-state index contributed by atoms with van der Waals surface area (Å²) in [5.74, 6) is -0.0941. The minimum absolute atomic E-state index is 0.138. The molecular weight excluding hydrogens is 404 g/mol. The summed E-state index contributed by atoms with van der Waals surface area (Å²) >= 11 is 0. The first-order chi connectivity index (χ1) is 15.4. The average Bonchev–Trinajstić information content (AvgIpc) is 3.28. The van der Waals surface area contributed by atoms with Gasteiger partial charge < -0.3 is 10.6 Å². The molecule has 0 unspecified atom stereocenters. The van der Waals surface area contributed by atoms with Crippen molar-refractivity contribution in [3.05, 3.63) is 70.1 Å². The van der Waals surface area contributed by atoms with Crippen molar-refractivity contribution in [1.29, 1.82) is 0 Å². The summed E-state index contributed by atoms with van der Waals surface area (Å²) in [6.07, 6.45) is 5.48. The van der Waals surface area contributed by atoms with Crippen LogP contribution in [0.3, 0.4) is 0 Å². The molecule has 1 aliphatic rings. The molecule has 0 spiro atoms. The van der Waals surface area contributed by atoms with Gasteiger partial charge in [-0.2, -0.15) is 0 Å². The zero-order chi connectivity index (χ0) is 22.7. The van der Waals surface area contributed by atoms with E-state index in [0.29, 0.717) is 28.2 Å². The lowest BCUT2D eigenvalue weighted by atomic mass is 10.0. The molecule has 1 heterocycles. The van der Waals surface area contributed by atoms with Gasteiger partial charge in [0.15, 0.2) is 0 Å². The summed E-state index contributed by atoms with van der Waals surface area (Å²) in [7, 11) is 0. The number of rotatable bonds is 6. The van der Waals surface area contributed by atoms with Crippen LogP contribution < -0.4 is 16.2 Å². The molecule has 0 radical (unpaired) electrons. The fourth-order valence-electron chi connectivity index (χ4n) is 4.13. The predicted octanol–water partition coefficient (Wildman–Crippen LogP) is 3.83. The number of aromatic nitrogens is 2. The first kappa shape index (κ1) is 21.7. The van der Waals surface area contributed by atoms with Crippen LogP contribution in [-0.4, -0.2) is 27.4 Å². The summed E-state index contributed by atoms with van der Waals surface area (Å²) in [6.45, 7) is 4.04. The molecular formula is C25H28N4O3. The molecule has 0 bridgehead atoms. The molecule has 3 aromatic rings. The van der Waals surface area contributed by atoms with Crippen molar-refractivity contribution in [1.82, 2.24) is 14.9 Å². The first-order valence-electron chi connectivity index (χ1n) is 11.1. The number of benzene rings is 2. The highest BCUT2D eigenvalue weighted by Crippen LogP contribution is 2.20. The van der Waals surface area contributed by atoms with E-state index in [-0.39, 0.29) is 30.0 Å². The summed E-state index contributed by atoms with van der Waals surface area (Å²) < 4.78 is 1.38. The Morgan fingerprint density at radius 1 is 1.12 bits per heavy atom. The van der Waals surface area contributed by atoms with E-state index in [0.717, 1.165) is 31.2 Å². The number of fused-ring (bicyclic) bond motifs is 1. The van der Waals surface area contributed by atoms with Gasteiger partial charge in [-0.25, -0.2) is 4.98 Å². The third kappa shape index (κ3) is 4.88. The Labute approximate surface area is 186 Å². The average molecular weight is 433 g/mol. The van der Waals surface area contributed by atoms with Crippen LogP contribution in [0.5, 0.6) is 0 Å². The van der Waals surface area contributed by atoms with Crippen LogP contribution in [0.1, 0.15) is 61.4 Å². The Balaban J connectivity index is 1.53. The summed E-state index contributed by atoms with van der Waals surface area (Å²) in [4.78, 5) is 41.9. The van der Waals surface area contributed by atoms with Crippen molar-refractivity contribution in [3.63, 3.8) is 0 Å². The van der Waals surface area contributed by atoms with Crippen molar-refractivity contribution in [3.8, 4) is 0 Å². The molecule has 1 aliphatic carbocycles. The van der Waals surface area contributed by atoms with E-state index in [2.05, 4.69) is 29.5 Å². The number of anilines is 1. The van der Waals surface area contributed by atoms with Crippen molar-refractivity contribution < 1.29 is 9.59 Å². The largest absolute Gasteiger partial charge is 0.349 e. The number of hydrogen-bond donors (Lipinski definition) is 2. The third-order valence-corrected chi connectivity index (χ3v) is 5.94. The fourth-order valence-corrected chi connectivity index (χ4v) is 4.13. The highest BCUT2D eigenvalue weighted by atomic mass is 16.2. The Kier molecular flexibility index (Phi) is 6.35. The van der Waals surface area contributed by atoms with Crippen molar-refractivity contribution in [2.45, 2.75) is 58.0 Å². The molecule has 0 saturated heterocycles. The van der Waals surface area contributed by atoms with Gasteiger partial charge in [0.25, 0.3) is 11.5 Å². The molecule has 2 aromatic carbocycles. The molecule has 7 nitrogen and oxygen atoms in total. The van der Waals surface area contributed by atoms with Crippen molar-refractivity contribution in [2.75, 3.05) is 5.32 Å². The minimum Gasteiger partial charge on any atom is -0.349 e. The van der Waals surface area contributed by atoms with Crippen LogP contribution in [0.2, 0.25) is 0 Å². The van der Waals surface area contributed by atoms with Crippen LogP contribution in [0.4, 0.5) is 5.69 Å². The molecule has 2 amide bonds. The smallest absolute Gasteiger partial charge is 0.269 e. The highest BCUT2D eigenvalue weighted by molar-refractivity contribution is 5.98. The molecule has 1 fully saturated rings. The van der Waals surface area contributed by atoms with Gasteiger partial charge in [0, 0.05) is 17.3 Å². The van der Waals surface area contributed by atoms with Gasteiger partial charge in [0.2, 0.25) is 5.91 Å². The number of carbonyl (C=O) groups is 2. The maximum atomic E-state index is 12.7. The summed E-state index contributed by atoms with van der Waals surface area (Å²) in [5.41, 5.74) is 2.96. The van der Waals surface area contributed by atoms with Crippen molar-refractivity contribution >= 4 is 28.5 Å². The van der Waals surface area contributed by atoms with E-state index in [9.17, 15) is 14.4 Å². The number of nitrogens with zero attached hydrogens (tertiary/aromatic N) is 2. The van der Waals surface area contributed by atoms with Crippen molar-refractivity contribution in [2.24, 2.45) is 0 Å². The number of carbonyl (C=O) groups excluding carboxylic acids is 2. The molecule has 0 atom stereocenters. The van der Waals surface area contributed by atoms with E-state index in [1.54, 1.807) is 18.2 Å². The molecule has 166 valence electrons. The lowest BCUT2D eigenvalue weighted by Gasteiger charge is -2.14. The van der Waals surface area contributed by atoms with Crippen LogP contribution in [0.15, 0.2) is 53.5 Å². The monoisotopic (exact) mass is 432 g/mol. The Bertz CT molecular complexity index is 1210. The topological polar surface area (TPSA) is 93.1 Å². The maximum Gasteiger partial charge on any atom is 0.269 e. The first-order valence-corrected chi connectivity index (χ1v) is 11.1. The predicted molar refractivity (Wildman–Crippen MR) is 125 cm³/mol. The molecule has 32 heavy (non-hydrogen) atoms. The minimum atomic E-state index is -0.369. The Morgan fingerprint density at radius 2 is 1.91 bits per heavy atom. The molecule has 4 rings (SSSR count). The lowest BCUT2D eigenvalue weighted by molar-refractivity contribution is -0.116. The second-order valence-electron chi connectivity index (χ2n) is 8.67. The Morgan fingerprint density at radius 3 is 2.66 bits per heavy atom. The number of hydrogen-bond acceptors (Lipinski definition) is 4. The van der Waals surface area contributed by atoms with E-state index >= 15 is 0 Å². The van der Waals surface area contributed by atoms with Crippen LogP contribution in [0.25, 0.3) is 11.0 Å². The molecule has 7 heteroatoms. The number of nitrogens with one attached hydrogen (secondary N) is 2. The summed E-state index contributed by atoms with van der Waals surface area (Å²) in [5, 5.41) is 5.92. The zero-order valence-electron chi connectivity index (χ0n) is 18.4. The SMILES string of the molecule is CC(C)c1cccc(NC(=O)Cn2c(=O)cnc3cc(C(=O)NC4CCCC4)ccc32)c1. The normalized spacial score (nSPS) is 14.1. The Hall–Kier alpha value is -3.48. The van der Waals surface area contributed by atoms with Gasteiger partial charge in [0.05, 0.1) is 17.2 Å². The number of amides is 2. The lowest BCUT2D eigenvalue weighted by Crippen LogP contribution is -2.32. The molecule has 2 N–H and O–H groups in total. The van der Waals surface area contributed by atoms with Crippen LogP contribution in [-0.2, 0) is 11.3 Å². The quantitative estimate of drug-likeness (QED) is 0.619. The van der Waals surface area contributed by atoms with E-state index in [4.69, 9.17) is 0 Å². The van der Waals surface area contributed by atoms with E-state index < -0.39 is 0 Å². The molecule has 1 saturated carbocycles. The molecule has 0 aliphatic heterocycles. The van der Waals surface area contributed by atoms with Gasteiger partial charge in [-0.15, -0.1) is 0 Å². The standard InChI is InChI=1S/C25H28N4O3/c1-16(2)17-6-5-9-20(12-17)27-23(30)15-29-22-11-10-18(13-21(22)26-14-24(29)31)25(32)28-19-7-3-4-8-19/h5-6,9-14,16,19H,3-4,7-8,15H2,1-2H3,(H,27,30)(H,28,32). The van der Waals surface area contributed by atoms with Crippen LogP contribution >= 0.6 is 0 Å². The van der Waals surface area contributed by atoms with Gasteiger partial charge in [-0.1, -0.05) is 38.8 Å². The van der Waals surface area contributed by atoms with Gasteiger partial charge >= 0.3 is 0 Å². The molecule has 1 aromatic heterocycles. The highest BCUT2D eigenvalue weighted by Gasteiger charge is 2.19. The van der Waals surface area contributed by atoms with E-state index in [1.165, 1.54) is 10.8 Å². The second kappa shape index (κ2) is 9.34. The third-order valence-electron chi connectivity index (χ3n) is 5.94. The van der Waals surface area contributed by atoms with E-state index in [1.807, 2.05) is 24.3 Å². The zero-order valence-corrected chi connectivity index (χ0v) is 18.4. The van der Waals surface area contributed by atoms with Gasteiger partial charge in [-0.3, -0.25) is 19.0 Å². The fraction of sp³-hybridized carbons (Fsp3) is 0.360. The van der Waals surface area contributed by atoms with Crippen LogP contribution in [0, 0.1) is 0 Å².